The molecular formula is C13H13BrO5. The van der Waals surface area contributed by atoms with Crippen molar-refractivity contribution in [3.05, 3.63) is 22.2 Å². The van der Waals surface area contributed by atoms with E-state index in [4.69, 9.17) is 14.6 Å². The molecule has 1 atom stereocenters. The molecule has 0 bridgehead atoms. The molecule has 5 nitrogen and oxygen atoms in total. The number of carboxylic acid groups (broad SMARTS) is 1. The fraction of sp³-hybridized carbons (Fsp3) is 0.462. The molecule has 1 aliphatic heterocycles. The molecule has 1 aromatic carbocycles. The number of rotatable bonds is 2. The Morgan fingerprint density at radius 1 is 1.26 bits per heavy atom. The Balaban J connectivity index is 1.94. The molecule has 19 heavy (non-hydrogen) atoms. The van der Waals surface area contributed by atoms with Gasteiger partial charge in [-0.1, -0.05) is 15.9 Å². The summed E-state index contributed by atoms with van der Waals surface area (Å²) in [5, 5.41) is 18.5. The molecule has 1 saturated carbocycles. The molecule has 0 saturated heterocycles. The molecule has 0 aromatic heterocycles. The maximum atomic E-state index is 10.9. The second kappa shape index (κ2) is 4.38. The number of aliphatic hydroxyl groups is 1. The number of aliphatic carboxylic acids is 1. The highest BCUT2D eigenvalue weighted by Gasteiger charge is 2.46. The molecule has 102 valence electrons. The molecule has 6 heteroatoms. The predicted octanol–water partition coefficient (Wildman–Crippen LogP) is 2.12. The molecule has 2 N–H and O–H groups in total. The molecule has 2 aliphatic rings. The van der Waals surface area contributed by atoms with Crippen LogP contribution in [0.4, 0.5) is 0 Å². The monoisotopic (exact) mass is 328 g/mol. The maximum Gasteiger partial charge on any atom is 0.337 e. The first-order chi connectivity index (χ1) is 9.01. The van der Waals surface area contributed by atoms with Gasteiger partial charge in [-0.05, 0) is 25.0 Å². The molecule has 0 radical (unpaired) electrons. The Kier molecular flexibility index (Phi) is 2.94. The smallest absolute Gasteiger partial charge is 0.337 e. The Labute approximate surface area is 118 Å². The van der Waals surface area contributed by atoms with Crippen LogP contribution in [0, 0.1) is 5.41 Å². The van der Waals surface area contributed by atoms with Crippen molar-refractivity contribution in [2.45, 2.75) is 18.9 Å². The van der Waals surface area contributed by atoms with Crippen LogP contribution < -0.4 is 9.47 Å². The molecule has 1 heterocycles. The minimum Gasteiger partial charge on any atom is -0.489 e. The van der Waals surface area contributed by atoms with Crippen LogP contribution in [0.15, 0.2) is 16.6 Å². The van der Waals surface area contributed by atoms with Gasteiger partial charge in [0.15, 0.2) is 17.6 Å². The van der Waals surface area contributed by atoms with Crippen molar-refractivity contribution in [2.24, 2.45) is 5.41 Å². The van der Waals surface area contributed by atoms with Crippen molar-refractivity contribution in [3.63, 3.8) is 0 Å². The number of ether oxygens (including phenoxy) is 2. The highest BCUT2D eigenvalue weighted by Crippen LogP contribution is 2.49. The van der Waals surface area contributed by atoms with Gasteiger partial charge in [0, 0.05) is 15.5 Å². The van der Waals surface area contributed by atoms with Gasteiger partial charge >= 0.3 is 5.97 Å². The Morgan fingerprint density at radius 3 is 2.37 bits per heavy atom. The first-order valence-corrected chi connectivity index (χ1v) is 6.80. The molecule has 0 amide bonds. The van der Waals surface area contributed by atoms with Crippen LogP contribution in [0.2, 0.25) is 0 Å². The van der Waals surface area contributed by atoms with Crippen molar-refractivity contribution in [1.82, 2.24) is 0 Å². The minimum absolute atomic E-state index is 0.122. The van der Waals surface area contributed by atoms with E-state index >= 15 is 0 Å². The first kappa shape index (κ1) is 12.7. The van der Waals surface area contributed by atoms with Crippen molar-refractivity contribution in [1.29, 1.82) is 0 Å². The largest absolute Gasteiger partial charge is 0.489 e. The Morgan fingerprint density at radius 2 is 1.84 bits per heavy atom. The molecule has 1 unspecified atom stereocenters. The summed E-state index contributed by atoms with van der Waals surface area (Å²) in [6, 6.07) is 3.18. The van der Waals surface area contributed by atoms with E-state index in [9.17, 15) is 9.90 Å². The van der Waals surface area contributed by atoms with Gasteiger partial charge < -0.3 is 19.7 Å². The van der Waals surface area contributed by atoms with E-state index in [2.05, 4.69) is 15.9 Å². The Hall–Kier alpha value is -1.27. The number of hydrogen-bond acceptors (Lipinski definition) is 4. The van der Waals surface area contributed by atoms with Crippen LogP contribution in [-0.2, 0) is 4.79 Å². The molecule has 1 aliphatic carbocycles. The van der Waals surface area contributed by atoms with E-state index in [-0.39, 0.29) is 11.0 Å². The Bertz CT molecular complexity index is 538. The minimum atomic E-state index is -1.58. The van der Waals surface area contributed by atoms with E-state index in [1.165, 1.54) is 6.07 Å². The van der Waals surface area contributed by atoms with E-state index in [1.54, 1.807) is 6.07 Å². The number of benzene rings is 1. The average Bonchev–Trinajstić information content (AvgIpc) is 3.16. The second-order valence-electron chi connectivity index (χ2n) is 5.14. The van der Waals surface area contributed by atoms with Crippen molar-refractivity contribution < 1.29 is 24.5 Å². The lowest BCUT2D eigenvalue weighted by Crippen LogP contribution is -2.17. The lowest BCUT2D eigenvalue weighted by molar-refractivity contribution is -0.147. The van der Waals surface area contributed by atoms with Crippen LogP contribution >= 0.6 is 15.9 Å². The summed E-state index contributed by atoms with van der Waals surface area (Å²) in [5.74, 6) is -0.229. The van der Waals surface area contributed by atoms with Gasteiger partial charge in [0.05, 0.1) is 13.2 Å². The van der Waals surface area contributed by atoms with Gasteiger partial charge in [0.2, 0.25) is 0 Å². The van der Waals surface area contributed by atoms with Crippen LogP contribution in [0.25, 0.3) is 0 Å². The quantitative estimate of drug-likeness (QED) is 0.869. The number of carboxylic acids is 1. The van der Waals surface area contributed by atoms with E-state index in [0.29, 0.717) is 29.2 Å². The van der Waals surface area contributed by atoms with Gasteiger partial charge in [0.25, 0.3) is 0 Å². The zero-order chi connectivity index (χ0) is 13.6. The van der Waals surface area contributed by atoms with Crippen LogP contribution in [0.5, 0.6) is 11.5 Å². The van der Waals surface area contributed by atoms with Crippen molar-refractivity contribution in [3.8, 4) is 11.5 Å². The standard InChI is InChI=1S/C13H13BrO5/c14-8-4-10-9(3-7(8)11(15)12(16)17)18-5-13(1-2-13)6-19-10/h3-4,11,15H,1-2,5-6H2,(H,16,17). The van der Waals surface area contributed by atoms with Gasteiger partial charge in [-0.25, -0.2) is 4.79 Å². The molecular weight excluding hydrogens is 316 g/mol. The summed E-state index contributed by atoms with van der Waals surface area (Å²) >= 11 is 3.26. The summed E-state index contributed by atoms with van der Waals surface area (Å²) in [5.41, 5.74) is 0.387. The van der Waals surface area contributed by atoms with Gasteiger partial charge in [-0.3, -0.25) is 0 Å². The third kappa shape index (κ3) is 2.30. The summed E-state index contributed by atoms with van der Waals surface area (Å²) < 4.78 is 11.9. The normalized spacial score (nSPS) is 20.7. The average molecular weight is 329 g/mol. The van der Waals surface area contributed by atoms with E-state index in [0.717, 1.165) is 12.8 Å². The number of hydrogen-bond donors (Lipinski definition) is 2. The zero-order valence-electron chi connectivity index (χ0n) is 10.1. The number of fused-ring (bicyclic) bond motifs is 1. The molecule has 1 spiro atoms. The second-order valence-corrected chi connectivity index (χ2v) is 5.99. The summed E-state index contributed by atoms with van der Waals surface area (Å²) in [6.07, 6.45) is 0.598. The lowest BCUT2D eigenvalue weighted by Gasteiger charge is -2.13. The summed E-state index contributed by atoms with van der Waals surface area (Å²) in [7, 11) is 0. The van der Waals surface area contributed by atoms with Gasteiger partial charge in [-0.2, -0.15) is 0 Å². The summed E-state index contributed by atoms with van der Waals surface area (Å²) in [4.78, 5) is 10.9. The van der Waals surface area contributed by atoms with Crippen LogP contribution in [0.1, 0.15) is 24.5 Å². The first-order valence-electron chi connectivity index (χ1n) is 6.01. The molecule has 1 aromatic rings. The van der Waals surface area contributed by atoms with Gasteiger partial charge in [-0.15, -0.1) is 0 Å². The summed E-state index contributed by atoms with van der Waals surface area (Å²) in [6.45, 7) is 1.19. The number of halogens is 1. The van der Waals surface area contributed by atoms with E-state index < -0.39 is 12.1 Å². The highest BCUT2D eigenvalue weighted by molar-refractivity contribution is 9.10. The topological polar surface area (TPSA) is 76.0 Å². The highest BCUT2D eigenvalue weighted by atomic mass is 79.9. The SMILES string of the molecule is O=C(O)C(O)c1cc2c(cc1Br)OCC1(CC1)CO2. The molecule has 3 rings (SSSR count). The van der Waals surface area contributed by atoms with Crippen LogP contribution in [-0.4, -0.2) is 29.4 Å². The van der Waals surface area contributed by atoms with Crippen molar-refractivity contribution >= 4 is 21.9 Å². The number of carbonyl (C=O) groups is 1. The van der Waals surface area contributed by atoms with Crippen molar-refractivity contribution in [2.75, 3.05) is 13.2 Å². The fourth-order valence-corrected chi connectivity index (χ4v) is 2.63. The van der Waals surface area contributed by atoms with E-state index in [1.807, 2.05) is 0 Å². The number of aliphatic hydroxyl groups excluding tert-OH is 1. The third-order valence-corrected chi connectivity index (χ3v) is 4.30. The lowest BCUT2D eigenvalue weighted by atomic mass is 10.1. The molecule has 1 fully saturated rings. The van der Waals surface area contributed by atoms with Crippen LogP contribution in [0.3, 0.4) is 0 Å². The zero-order valence-corrected chi connectivity index (χ0v) is 11.6. The predicted molar refractivity (Wildman–Crippen MR) is 69.4 cm³/mol. The fourth-order valence-electron chi connectivity index (χ4n) is 2.09. The van der Waals surface area contributed by atoms with Gasteiger partial charge in [0.1, 0.15) is 0 Å². The maximum absolute atomic E-state index is 10.9. The third-order valence-electron chi connectivity index (χ3n) is 3.62.